The van der Waals surface area contributed by atoms with Crippen molar-refractivity contribution in [1.82, 2.24) is 5.43 Å². The first-order valence-corrected chi connectivity index (χ1v) is 3.75. The van der Waals surface area contributed by atoms with Crippen LogP contribution in [0, 0.1) is 0 Å². The van der Waals surface area contributed by atoms with Gasteiger partial charge >= 0.3 is 0 Å². The van der Waals surface area contributed by atoms with Crippen LogP contribution in [0.15, 0.2) is 12.2 Å². The van der Waals surface area contributed by atoms with Gasteiger partial charge in [-0.2, -0.15) is 0 Å². The lowest BCUT2D eigenvalue weighted by atomic mass is 10.1. The molecule has 3 heteroatoms. The van der Waals surface area contributed by atoms with Gasteiger partial charge in [0.15, 0.2) is 0 Å². The van der Waals surface area contributed by atoms with Crippen LogP contribution in [0.3, 0.4) is 0 Å². The predicted molar refractivity (Wildman–Crippen MR) is 47.0 cm³/mol. The molecule has 0 aliphatic rings. The Morgan fingerprint density at radius 3 is 2.55 bits per heavy atom. The highest BCUT2D eigenvalue weighted by Crippen LogP contribution is 2.06. The van der Waals surface area contributed by atoms with Crippen LogP contribution < -0.4 is 11.3 Å². The first-order valence-electron chi connectivity index (χ1n) is 3.75. The first-order chi connectivity index (χ1) is 5.11. The third-order valence-electron chi connectivity index (χ3n) is 1.72. The maximum Gasteiger partial charge on any atom is 0.0712 e. The lowest BCUT2D eigenvalue weighted by Crippen LogP contribution is -2.43. The van der Waals surface area contributed by atoms with E-state index >= 15 is 0 Å². The number of nitrogens with two attached hydrogens (primary N) is 1. The molecule has 0 aromatic heterocycles. The summed E-state index contributed by atoms with van der Waals surface area (Å²) in [5.41, 5.74) is 3.81. The van der Waals surface area contributed by atoms with Crippen LogP contribution in [0.4, 0.5) is 0 Å². The molecule has 0 fully saturated rings. The number of hydrogen-bond acceptors (Lipinski definition) is 3. The van der Waals surface area contributed by atoms with Crippen LogP contribution >= 0.6 is 0 Å². The molecule has 0 bridgehead atoms. The molecule has 2 unspecified atom stereocenters. The molecule has 66 valence electrons. The minimum Gasteiger partial charge on any atom is -0.380 e. The van der Waals surface area contributed by atoms with Crippen LogP contribution in [0.2, 0.25) is 0 Å². The van der Waals surface area contributed by atoms with E-state index in [1.165, 1.54) is 0 Å². The van der Waals surface area contributed by atoms with E-state index in [4.69, 9.17) is 10.6 Å². The molecule has 3 N–H and O–H groups in total. The smallest absolute Gasteiger partial charge is 0.0712 e. The van der Waals surface area contributed by atoms with Crippen molar-refractivity contribution in [3.63, 3.8) is 0 Å². The first kappa shape index (κ1) is 10.6. The molecule has 0 aromatic rings. The molecule has 0 saturated carbocycles. The minimum absolute atomic E-state index is 0.122. The molecule has 0 amide bonds. The fourth-order valence-electron chi connectivity index (χ4n) is 0.900. The predicted octanol–water partition coefficient (Wildman–Crippen LogP) is 0.819. The lowest BCUT2D eigenvalue weighted by molar-refractivity contribution is 0.0831. The zero-order valence-electron chi connectivity index (χ0n) is 7.55. The third kappa shape index (κ3) is 4.14. The molecule has 3 nitrogen and oxygen atoms in total. The SMILES string of the molecule is C=C(C)CC(NN)C(C)OC. The quantitative estimate of drug-likeness (QED) is 0.354. The van der Waals surface area contributed by atoms with Crippen molar-refractivity contribution in [1.29, 1.82) is 0 Å². The van der Waals surface area contributed by atoms with Crippen LogP contribution in [0.5, 0.6) is 0 Å². The number of hydrazine groups is 1. The number of rotatable bonds is 5. The minimum atomic E-state index is 0.122. The van der Waals surface area contributed by atoms with Crippen LogP contribution in [-0.4, -0.2) is 19.3 Å². The average Bonchev–Trinajstić information content (AvgIpc) is 1.98. The Morgan fingerprint density at radius 1 is 1.73 bits per heavy atom. The summed E-state index contributed by atoms with van der Waals surface area (Å²) in [6.07, 6.45) is 0.975. The van der Waals surface area contributed by atoms with Crippen LogP contribution in [-0.2, 0) is 4.74 Å². The van der Waals surface area contributed by atoms with E-state index in [1.54, 1.807) is 7.11 Å². The molecule has 0 aliphatic heterocycles. The Balaban J connectivity index is 3.84. The fourth-order valence-corrected chi connectivity index (χ4v) is 0.900. The highest BCUT2D eigenvalue weighted by atomic mass is 16.5. The van der Waals surface area contributed by atoms with Gasteiger partial charge in [-0.05, 0) is 20.3 Å². The van der Waals surface area contributed by atoms with Crippen molar-refractivity contribution in [3.05, 3.63) is 12.2 Å². The Kier molecular flexibility index (Phi) is 5.11. The van der Waals surface area contributed by atoms with E-state index in [2.05, 4.69) is 12.0 Å². The Hall–Kier alpha value is -0.380. The zero-order valence-corrected chi connectivity index (χ0v) is 7.55. The Labute approximate surface area is 68.6 Å². The summed E-state index contributed by atoms with van der Waals surface area (Å²) in [6.45, 7) is 7.77. The zero-order chi connectivity index (χ0) is 8.85. The number of hydrogen-bond donors (Lipinski definition) is 2. The molecular formula is C8H18N2O. The van der Waals surface area contributed by atoms with Gasteiger partial charge in [-0.3, -0.25) is 11.3 Å². The summed E-state index contributed by atoms with van der Waals surface area (Å²) < 4.78 is 5.12. The van der Waals surface area contributed by atoms with Gasteiger partial charge < -0.3 is 4.74 Å². The molecule has 0 radical (unpaired) electrons. The Bertz CT molecular complexity index is 125. The summed E-state index contributed by atoms with van der Waals surface area (Å²) in [5.74, 6) is 5.33. The maximum atomic E-state index is 5.33. The second-order valence-corrected chi connectivity index (χ2v) is 2.88. The van der Waals surface area contributed by atoms with Gasteiger partial charge in [0, 0.05) is 7.11 Å². The molecule has 11 heavy (non-hydrogen) atoms. The second-order valence-electron chi connectivity index (χ2n) is 2.88. The van der Waals surface area contributed by atoms with Crippen molar-refractivity contribution < 1.29 is 4.74 Å². The van der Waals surface area contributed by atoms with E-state index < -0.39 is 0 Å². The molecule has 0 rings (SSSR count). The van der Waals surface area contributed by atoms with Gasteiger partial charge in [0.25, 0.3) is 0 Å². The van der Waals surface area contributed by atoms with Gasteiger partial charge in [0.2, 0.25) is 0 Å². The van der Waals surface area contributed by atoms with Gasteiger partial charge in [-0.1, -0.05) is 5.57 Å². The molecule has 0 spiro atoms. The average molecular weight is 158 g/mol. The van der Waals surface area contributed by atoms with E-state index in [0.717, 1.165) is 12.0 Å². The molecule has 2 atom stereocenters. The molecule has 0 heterocycles. The lowest BCUT2D eigenvalue weighted by Gasteiger charge is -2.21. The van der Waals surface area contributed by atoms with Gasteiger partial charge in [-0.15, -0.1) is 6.58 Å². The largest absolute Gasteiger partial charge is 0.380 e. The monoisotopic (exact) mass is 158 g/mol. The van der Waals surface area contributed by atoms with Crippen molar-refractivity contribution in [2.45, 2.75) is 32.4 Å². The molecule has 0 aromatic carbocycles. The highest BCUT2D eigenvalue weighted by molar-refractivity contribution is 4.94. The van der Waals surface area contributed by atoms with Crippen LogP contribution in [0.1, 0.15) is 20.3 Å². The standard InChI is InChI=1S/C8H18N2O/c1-6(2)5-8(10-9)7(3)11-4/h7-8,10H,1,5,9H2,2-4H3. The van der Waals surface area contributed by atoms with Crippen molar-refractivity contribution in [2.75, 3.05) is 7.11 Å². The summed E-state index contributed by atoms with van der Waals surface area (Å²) in [6, 6.07) is 0.164. The Morgan fingerprint density at radius 2 is 2.27 bits per heavy atom. The number of ether oxygens (including phenoxy) is 1. The summed E-state index contributed by atoms with van der Waals surface area (Å²) in [5, 5.41) is 0. The van der Waals surface area contributed by atoms with E-state index in [0.29, 0.717) is 0 Å². The summed E-state index contributed by atoms with van der Waals surface area (Å²) in [4.78, 5) is 0. The third-order valence-corrected chi connectivity index (χ3v) is 1.72. The van der Waals surface area contributed by atoms with Crippen LogP contribution in [0.25, 0.3) is 0 Å². The fraction of sp³-hybridized carbons (Fsp3) is 0.750. The number of nitrogens with one attached hydrogen (secondary N) is 1. The summed E-state index contributed by atoms with van der Waals surface area (Å²) in [7, 11) is 1.67. The normalized spacial score (nSPS) is 16.0. The van der Waals surface area contributed by atoms with E-state index in [9.17, 15) is 0 Å². The van der Waals surface area contributed by atoms with Gasteiger partial charge in [0.1, 0.15) is 0 Å². The summed E-state index contributed by atoms with van der Waals surface area (Å²) >= 11 is 0. The van der Waals surface area contributed by atoms with E-state index in [1.807, 2.05) is 13.8 Å². The molecule has 0 aliphatic carbocycles. The van der Waals surface area contributed by atoms with Gasteiger partial charge in [-0.25, -0.2) is 0 Å². The topological polar surface area (TPSA) is 47.3 Å². The van der Waals surface area contributed by atoms with Crippen molar-refractivity contribution >= 4 is 0 Å². The second kappa shape index (κ2) is 5.29. The van der Waals surface area contributed by atoms with Gasteiger partial charge in [0.05, 0.1) is 12.1 Å². The number of methoxy groups -OCH3 is 1. The maximum absolute atomic E-state index is 5.33. The van der Waals surface area contributed by atoms with E-state index in [-0.39, 0.29) is 12.1 Å². The molecular weight excluding hydrogens is 140 g/mol. The molecule has 0 saturated heterocycles. The highest BCUT2D eigenvalue weighted by Gasteiger charge is 2.14. The van der Waals surface area contributed by atoms with Crippen molar-refractivity contribution in [2.24, 2.45) is 5.84 Å². The van der Waals surface area contributed by atoms with Crippen molar-refractivity contribution in [3.8, 4) is 0 Å².